The zero-order chi connectivity index (χ0) is 27.2. The molecule has 7 nitrogen and oxygen atoms in total. The molecule has 38 heavy (non-hydrogen) atoms. The van der Waals surface area contributed by atoms with Crippen LogP contribution in [-0.4, -0.2) is 42.7 Å². The highest BCUT2D eigenvalue weighted by atomic mass is 79.9. The quantitative estimate of drug-likeness (QED) is 0.215. The van der Waals surface area contributed by atoms with Crippen molar-refractivity contribution in [3.63, 3.8) is 0 Å². The number of hydrogen-bond donors (Lipinski definition) is 0. The largest absolute Gasteiger partial charge is 0.493 e. The summed E-state index contributed by atoms with van der Waals surface area (Å²) in [4.78, 5) is 31.3. The third kappa shape index (κ3) is 6.25. The van der Waals surface area contributed by atoms with Crippen molar-refractivity contribution in [2.75, 3.05) is 20.8 Å². The summed E-state index contributed by atoms with van der Waals surface area (Å²) in [6.07, 6.45) is 1.74. The number of ether oxygens (including phenoxy) is 3. The topological polar surface area (TPSA) is 77.4 Å². The van der Waals surface area contributed by atoms with E-state index in [2.05, 4.69) is 20.9 Å². The average molecular weight is 599 g/mol. The second kappa shape index (κ2) is 12.3. The zero-order valence-electron chi connectivity index (χ0n) is 20.9. The van der Waals surface area contributed by atoms with E-state index in [1.807, 2.05) is 0 Å². The van der Waals surface area contributed by atoms with Gasteiger partial charge in [0.25, 0.3) is 5.91 Å². The van der Waals surface area contributed by atoms with E-state index in [0.717, 1.165) is 0 Å². The minimum Gasteiger partial charge on any atom is -0.493 e. The summed E-state index contributed by atoms with van der Waals surface area (Å²) in [7, 11) is 3.16. The fourth-order valence-electron chi connectivity index (χ4n) is 3.53. The van der Waals surface area contributed by atoms with Gasteiger partial charge in [0.05, 0.1) is 34.3 Å². The van der Waals surface area contributed by atoms with E-state index in [-0.39, 0.29) is 18.3 Å². The van der Waals surface area contributed by atoms with Crippen molar-refractivity contribution in [3.8, 4) is 11.5 Å². The molecule has 1 amide bonds. The summed E-state index contributed by atoms with van der Waals surface area (Å²) in [5.41, 5.74) is 2.16. The third-order valence-corrected chi connectivity index (χ3v) is 7.14. The summed E-state index contributed by atoms with van der Waals surface area (Å²) in [5, 5.41) is 0.501. The molecule has 3 aromatic carbocycles. The molecule has 0 N–H and O–H groups in total. The molecule has 1 aliphatic rings. The number of benzene rings is 3. The van der Waals surface area contributed by atoms with Crippen LogP contribution in [0.3, 0.4) is 0 Å². The minimum absolute atomic E-state index is 0.0296. The van der Waals surface area contributed by atoms with Crippen LogP contribution in [-0.2, 0) is 16.1 Å². The SMILES string of the molecule is CCOC(=O)c1ccc(N=C2S/C(=C\c3cc(Br)c(OCc4ccccc4F)c(OC)c3)C(=O)N2C)cc1. The number of rotatable bonds is 8. The average Bonchev–Trinajstić information content (AvgIpc) is 3.16. The van der Waals surface area contributed by atoms with Crippen LogP contribution in [0.1, 0.15) is 28.4 Å². The normalized spacial score (nSPS) is 15.3. The van der Waals surface area contributed by atoms with Gasteiger partial charge in [-0.2, -0.15) is 0 Å². The van der Waals surface area contributed by atoms with Gasteiger partial charge < -0.3 is 14.2 Å². The van der Waals surface area contributed by atoms with Crippen molar-refractivity contribution < 1.29 is 28.2 Å². The molecule has 0 saturated carbocycles. The lowest BCUT2D eigenvalue weighted by Gasteiger charge is -2.14. The molecule has 196 valence electrons. The summed E-state index contributed by atoms with van der Waals surface area (Å²) in [6, 6.07) is 16.6. The molecular formula is C28H24BrFN2O5S. The van der Waals surface area contributed by atoms with E-state index in [1.54, 1.807) is 74.6 Å². The van der Waals surface area contributed by atoms with E-state index in [1.165, 1.54) is 29.8 Å². The number of nitrogens with zero attached hydrogens (tertiary/aromatic N) is 2. The molecule has 0 atom stereocenters. The van der Waals surface area contributed by atoms with Crippen LogP contribution >= 0.6 is 27.7 Å². The van der Waals surface area contributed by atoms with Gasteiger partial charge in [-0.3, -0.25) is 9.69 Å². The first kappa shape index (κ1) is 27.4. The van der Waals surface area contributed by atoms with Gasteiger partial charge in [0.2, 0.25) is 0 Å². The van der Waals surface area contributed by atoms with Crippen LogP contribution in [0.5, 0.6) is 11.5 Å². The first-order chi connectivity index (χ1) is 18.3. The molecule has 1 aliphatic heterocycles. The number of carbonyl (C=O) groups excluding carboxylic acids is 2. The van der Waals surface area contributed by atoms with E-state index in [4.69, 9.17) is 14.2 Å². The lowest BCUT2D eigenvalue weighted by molar-refractivity contribution is -0.121. The summed E-state index contributed by atoms with van der Waals surface area (Å²) in [6.45, 7) is 2.08. The van der Waals surface area contributed by atoms with Gasteiger partial charge in [-0.25, -0.2) is 14.2 Å². The van der Waals surface area contributed by atoms with Crippen molar-refractivity contribution in [2.24, 2.45) is 4.99 Å². The Balaban J connectivity index is 1.53. The molecule has 0 aromatic heterocycles. The second-order valence-corrected chi connectivity index (χ2v) is 9.91. The molecule has 0 radical (unpaired) electrons. The van der Waals surface area contributed by atoms with E-state index < -0.39 is 5.97 Å². The molecule has 0 spiro atoms. The summed E-state index contributed by atoms with van der Waals surface area (Å²) >= 11 is 4.74. The zero-order valence-corrected chi connectivity index (χ0v) is 23.3. The molecule has 0 aliphatic carbocycles. The van der Waals surface area contributed by atoms with Crippen molar-refractivity contribution in [2.45, 2.75) is 13.5 Å². The molecule has 1 heterocycles. The Morgan fingerprint density at radius 3 is 2.58 bits per heavy atom. The van der Waals surface area contributed by atoms with Gasteiger partial charge in [0.15, 0.2) is 16.7 Å². The predicted octanol–water partition coefficient (Wildman–Crippen LogP) is 6.59. The molecule has 3 aromatic rings. The number of halogens is 2. The molecule has 1 saturated heterocycles. The number of aliphatic imine (C=N–C) groups is 1. The maximum atomic E-state index is 14.0. The Hall–Kier alpha value is -3.63. The van der Waals surface area contributed by atoms with Crippen LogP contribution in [0.4, 0.5) is 10.1 Å². The van der Waals surface area contributed by atoms with Crippen molar-refractivity contribution in [1.29, 1.82) is 0 Å². The first-order valence-electron chi connectivity index (χ1n) is 11.6. The predicted molar refractivity (Wildman–Crippen MR) is 149 cm³/mol. The third-order valence-electron chi connectivity index (χ3n) is 5.49. The van der Waals surface area contributed by atoms with E-state index in [9.17, 15) is 14.0 Å². The maximum Gasteiger partial charge on any atom is 0.338 e. The molecule has 0 unspecified atom stereocenters. The van der Waals surface area contributed by atoms with Gasteiger partial charge >= 0.3 is 5.97 Å². The lowest BCUT2D eigenvalue weighted by atomic mass is 10.1. The van der Waals surface area contributed by atoms with Gasteiger partial charge in [-0.15, -0.1) is 0 Å². The number of esters is 1. The monoisotopic (exact) mass is 598 g/mol. The number of thioether (sulfide) groups is 1. The number of amidine groups is 1. The smallest absolute Gasteiger partial charge is 0.338 e. The molecule has 4 rings (SSSR count). The molecule has 10 heteroatoms. The van der Waals surface area contributed by atoms with E-state index in [0.29, 0.717) is 55.0 Å². The highest BCUT2D eigenvalue weighted by molar-refractivity contribution is 9.10. The van der Waals surface area contributed by atoms with Crippen molar-refractivity contribution in [1.82, 2.24) is 4.90 Å². The number of likely N-dealkylation sites (N-methyl/N-ethyl adjacent to an activating group) is 1. The van der Waals surface area contributed by atoms with Gasteiger partial charge in [-0.1, -0.05) is 18.2 Å². The Kier molecular flexibility index (Phi) is 8.85. The van der Waals surface area contributed by atoms with Crippen molar-refractivity contribution in [3.05, 3.63) is 92.5 Å². The van der Waals surface area contributed by atoms with Crippen molar-refractivity contribution >= 4 is 56.5 Å². The van der Waals surface area contributed by atoms with Crippen LogP contribution < -0.4 is 9.47 Å². The Bertz CT molecular complexity index is 1430. The number of amides is 1. The number of carbonyl (C=O) groups is 2. The minimum atomic E-state index is -0.398. The van der Waals surface area contributed by atoms with Gasteiger partial charge in [0.1, 0.15) is 12.4 Å². The second-order valence-electron chi connectivity index (χ2n) is 8.05. The lowest BCUT2D eigenvalue weighted by Crippen LogP contribution is -2.23. The number of hydrogen-bond acceptors (Lipinski definition) is 7. The van der Waals surface area contributed by atoms with Crippen LogP contribution in [0, 0.1) is 5.82 Å². The molecule has 0 bridgehead atoms. The van der Waals surface area contributed by atoms with E-state index >= 15 is 0 Å². The summed E-state index contributed by atoms with van der Waals surface area (Å²) in [5.74, 6) is -0.0929. The molecule has 1 fully saturated rings. The van der Waals surface area contributed by atoms with Gasteiger partial charge in [-0.05, 0) is 88.7 Å². The Morgan fingerprint density at radius 1 is 1.16 bits per heavy atom. The standard InChI is InChI=1S/C28H24BrFN2O5S/c1-4-36-27(34)18-9-11-20(12-10-18)31-28-32(2)26(33)24(38-28)15-17-13-21(29)25(23(14-17)35-3)37-16-19-7-5-6-8-22(19)30/h5-15H,4,16H2,1-3H3/b24-15-,31-28?. The summed E-state index contributed by atoms with van der Waals surface area (Å²) < 4.78 is 30.9. The maximum absolute atomic E-state index is 14.0. The first-order valence-corrected chi connectivity index (χ1v) is 13.2. The fraction of sp³-hybridized carbons (Fsp3) is 0.179. The van der Waals surface area contributed by atoms with Crippen LogP contribution in [0.2, 0.25) is 0 Å². The fourth-order valence-corrected chi connectivity index (χ4v) is 5.09. The van der Waals surface area contributed by atoms with Crippen LogP contribution in [0.15, 0.2) is 75.0 Å². The van der Waals surface area contributed by atoms with Crippen LogP contribution in [0.25, 0.3) is 6.08 Å². The Labute approximate surface area is 232 Å². The number of methoxy groups -OCH3 is 1. The highest BCUT2D eigenvalue weighted by Crippen LogP contribution is 2.39. The highest BCUT2D eigenvalue weighted by Gasteiger charge is 2.30. The Morgan fingerprint density at radius 2 is 1.89 bits per heavy atom. The molecular weight excluding hydrogens is 575 g/mol. The van der Waals surface area contributed by atoms with Gasteiger partial charge in [0, 0.05) is 12.6 Å².